The van der Waals surface area contributed by atoms with Gasteiger partial charge in [0.1, 0.15) is 11.6 Å². The van der Waals surface area contributed by atoms with Crippen LogP contribution in [-0.4, -0.2) is 24.1 Å². The number of anilines is 3. The minimum atomic E-state index is 0.601. The number of hydrogen-bond acceptors (Lipinski definition) is 5. The molecule has 0 amide bonds. The van der Waals surface area contributed by atoms with Crippen molar-refractivity contribution in [1.29, 1.82) is 0 Å². The Labute approximate surface area is 126 Å². The maximum atomic E-state index is 6.05. The molecule has 0 fully saturated rings. The van der Waals surface area contributed by atoms with Crippen LogP contribution in [0.25, 0.3) is 0 Å². The summed E-state index contributed by atoms with van der Waals surface area (Å²) >= 11 is 0. The van der Waals surface area contributed by atoms with Gasteiger partial charge in [-0.15, -0.1) is 0 Å². The Morgan fingerprint density at radius 2 is 1.62 bits per heavy atom. The van der Waals surface area contributed by atoms with E-state index in [1.807, 2.05) is 63.9 Å². The first kappa shape index (κ1) is 16.8. The van der Waals surface area contributed by atoms with Gasteiger partial charge >= 0.3 is 0 Å². The van der Waals surface area contributed by atoms with Crippen molar-refractivity contribution in [2.45, 2.75) is 27.7 Å². The summed E-state index contributed by atoms with van der Waals surface area (Å²) in [5.74, 6) is 2.25. The minimum Gasteiger partial charge on any atom is -0.497 e. The van der Waals surface area contributed by atoms with Gasteiger partial charge in [-0.2, -0.15) is 0 Å². The SMILES string of the molecule is CC.COc1ccc(N(C)c2nc(C)nc(C)c2N)cc1. The Morgan fingerprint density at radius 1 is 1.05 bits per heavy atom. The molecule has 5 heteroatoms. The van der Waals surface area contributed by atoms with E-state index in [4.69, 9.17) is 10.5 Å². The fourth-order valence-electron chi connectivity index (χ4n) is 1.89. The number of hydrogen-bond donors (Lipinski definition) is 1. The topological polar surface area (TPSA) is 64.3 Å². The lowest BCUT2D eigenvalue weighted by Crippen LogP contribution is -2.15. The van der Waals surface area contributed by atoms with Crippen molar-refractivity contribution in [2.24, 2.45) is 0 Å². The highest BCUT2D eigenvalue weighted by Crippen LogP contribution is 2.29. The Morgan fingerprint density at radius 3 is 2.14 bits per heavy atom. The second-order valence-corrected chi connectivity index (χ2v) is 4.35. The lowest BCUT2D eigenvalue weighted by Gasteiger charge is -2.21. The molecule has 0 saturated heterocycles. The number of rotatable bonds is 3. The number of aromatic nitrogens is 2. The van der Waals surface area contributed by atoms with Gasteiger partial charge in [0.25, 0.3) is 0 Å². The quantitative estimate of drug-likeness (QED) is 0.936. The third-order valence-electron chi connectivity index (χ3n) is 3.01. The Hall–Kier alpha value is -2.30. The van der Waals surface area contributed by atoms with Gasteiger partial charge in [0.15, 0.2) is 5.82 Å². The normalized spacial score (nSPS) is 9.62. The maximum absolute atomic E-state index is 6.05. The van der Waals surface area contributed by atoms with E-state index in [2.05, 4.69) is 9.97 Å². The van der Waals surface area contributed by atoms with Crippen molar-refractivity contribution < 1.29 is 4.74 Å². The highest BCUT2D eigenvalue weighted by molar-refractivity contribution is 5.72. The summed E-state index contributed by atoms with van der Waals surface area (Å²) in [6, 6.07) is 7.74. The summed E-state index contributed by atoms with van der Waals surface area (Å²) in [7, 11) is 3.58. The molecule has 0 aliphatic heterocycles. The van der Waals surface area contributed by atoms with Crippen molar-refractivity contribution in [2.75, 3.05) is 24.8 Å². The summed E-state index contributed by atoms with van der Waals surface area (Å²) < 4.78 is 5.15. The average molecular weight is 288 g/mol. The molecule has 21 heavy (non-hydrogen) atoms. The van der Waals surface area contributed by atoms with Gasteiger partial charge in [-0.1, -0.05) is 13.8 Å². The third-order valence-corrected chi connectivity index (χ3v) is 3.01. The average Bonchev–Trinajstić information content (AvgIpc) is 2.52. The number of ether oxygens (including phenoxy) is 1. The fraction of sp³-hybridized carbons (Fsp3) is 0.375. The van der Waals surface area contributed by atoms with E-state index in [0.29, 0.717) is 11.5 Å². The number of nitrogens with zero attached hydrogens (tertiary/aromatic N) is 3. The standard InChI is InChI=1S/C14H18N4O.C2H6/c1-9-13(15)14(17-10(2)16-9)18(3)11-5-7-12(19-4)8-6-11;1-2/h5-8H,15H2,1-4H3;1-2H3. The van der Waals surface area contributed by atoms with Gasteiger partial charge in [0, 0.05) is 12.7 Å². The van der Waals surface area contributed by atoms with E-state index in [1.165, 1.54) is 0 Å². The molecule has 1 aromatic heterocycles. The molecule has 0 spiro atoms. The maximum Gasteiger partial charge on any atom is 0.160 e. The molecule has 5 nitrogen and oxygen atoms in total. The molecular formula is C16H24N4O. The first-order chi connectivity index (χ1) is 10.0. The van der Waals surface area contributed by atoms with E-state index in [-0.39, 0.29) is 0 Å². The monoisotopic (exact) mass is 288 g/mol. The second kappa shape index (κ2) is 7.47. The van der Waals surface area contributed by atoms with Crippen LogP contribution in [0, 0.1) is 13.8 Å². The number of aryl methyl sites for hydroxylation is 2. The Balaban J connectivity index is 0.00000106. The van der Waals surface area contributed by atoms with E-state index in [0.717, 1.165) is 22.9 Å². The smallest absolute Gasteiger partial charge is 0.160 e. The molecule has 0 radical (unpaired) electrons. The van der Waals surface area contributed by atoms with Gasteiger partial charge in [0.05, 0.1) is 18.5 Å². The molecule has 0 bridgehead atoms. The van der Waals surface area contributed by atoms with Crippen molar-refractivity contribution in [3.05, 3.63) is 35.8 Å². The number of nitrogens with two attached hydrogens (primary N) is 1. The van der Waals surface area contributed by atoms with Crippen molar-refractivity contribution >= 4 is 17.2 Å². The van der Waals surface area contributed by atoms with Crippen LogP contribution in [0.2, 0.25) is 0 Å². The van der Waals surface area contributed by atoms with E-state index < -0.39 is 0 Å². The number of methoxy groups -OCH3 is 1. The van der Waals surface area contributed by atoms with E-state index in [9.17, 15) is 0 Å². The number of benzene rings is 1. The van der Waals surface area contributed by atoms with Crippen LogP contribution >= 0.6 is 0 Å². The second-order valence-electron chi connectivity index (χ2n) is 4.35. The van der Waals surface area contributed by atoms with Crippen LogP contribution in [0.5, 0.6) is 5.75 Å². The van der Waals surface area contributed by atoms with Crippen LogP contribution in [0.4, 0.5) is 17.2 Å². The largest absolute Gasteiger partial charge is 0.497 e. The molecular weight excluding hydrogens is 264 g/mol. The molecule has 0 unspecified atom stereocenters. The van der Waals surface area contributed by atoms with Crippen molar-refractivity contribution in [3.8, 4) is 5.75 Å². The highest BCUT2D eigenvalue weighted by atomic mass is 16.5. The molecule has 2 N–H and O–H groups in total. The van der Waals surface area contributed by atoms with Gasteiger partial charge in [-0.3, -0.25) is 0 Å². The van der Waals surface area contributed by atoms with Crippen LogP contribution in [0.15, 0.2) is 24.3 Å². The molecule has 0 saturated carbocycles. The third kappa shape index (κ3) is 3.84. The van der Waals surface area contributed by atoms with Crippen LogP contribution in [0.1, 0.15) is 25.4 Å². The molecule has 0 atom stereocenters. The predicted octanol–water partition coefficient (Wildman–Crippen LogP) is 3.48. The van der Waals surface area contributed by atoms with Crippen LogP contribution in [0.3, 0.4) is 0 Å². The van der Waals surface area contributed by atoms with Crippen LogP contribution in [-0.2, 0) is 0 Å². The molecule has 114 valence electrons. The Kier molecular flexibility index (Phi) is 5.96. The zero-order valence-corrected chi connectivity index (χ0v) is 13.6. The molecule has 2 aromatic rings. The summed E-state index contributed by atoms with van der Waals surface area (Å²) in [5, 5.41) is 0. The highest BCUT2D eigenvalue weighted by Gasteiger charge is 2.12. The molecule has 1 aromatic carbocycles. The van der Waals surface area contributed by atoms with E-state index >= 15 is 0 Å². The van der Waals surface area contributed by atoms with Crippen LogP contribution < -0.4 is 15.4 Å². The van der Waals surface area contributed by atoms with Crippen molar-refractivity contribution in [3.63, 3.8) is 0 Å². The summed E-state index contributed by atoms with van der Waals surface area (Å²) in [6.07, 6.45) is 0. The first-order valence-electron chi connectivity index (χ1n) is 7.01. The zero-order chi connectivity index (χ0) is 16.0. The minimum absolute atomic E-state index is 0.601. The lowest BCUT2D eigenvalue weighted by molar-refractivity contribution is 0.415. The fourth-order valence-corrected chi connectivity index (χ4v) is 1.89. The first-order valence-corrected chi connectivity index (χ1v) is 7.01. The van der Waals surface area contributed by atoms with Crippen molar-refractivity contribution in [1.82, 2.24) is 9.97 Å². The van der Waals surface area contributed by atoms with Gasteiger partial charge in [-0.25, -0.2) is 9.97 Å². The molecule has 2 rings (SSSR count). The molecule has 0 aliphatic carbocycles. The van der Waals surface area contributed by atoms with Gasteiger partial charge < -0.3 is 15.4 Å². The van der Waals surface area contributed by atoms with Gasteiger partial charge in [0.2, 0.25) is 0 Å². The summed E-state index contributed by atoms with van der Waals surface area (Å²) in [6.45, 7) is 7.74. The lowest BCUT2D eigenvalue weighted by atomic mass is 10.2. The zero-order valence-electron chi connectivity index (χ0n) is 13.6. The summed E-state index contributed by atoms with van der Waals surface area (Å²) in [4.78, 5) is 10.6. The summed E-state index contributed by atoms with van der Waals surface area (Å²) in [5.41, 5.74) is 8.44. The van der Waals surface area contributed by atoms with Gasteiger partial charge in [-0.05, 0) is 38.1 Å². The number of nitrogen functional groups attached to an aromatic ring is 1. The predicted molar refractivity (Wildman–Crippen MR) is 88.3 cm³/mol. The molecule has 0 aliphatic rings. The van der Waals surface area contributed by atoms with E-state index in [1.54, 1.807) is 7.11 Å². The Bertz CT molecular complexity index is 582. The molecule has 1 heterocycles.